The number of carboxylic acid groups (broad SMARTS) is 1. The second kappa shape index (κ2) is 7.05. The minimum absolute atomic E-state index is 0.264. The van der Waals surface area contributed by atoms with E-state index in [2.05, 4.69) is 0 Å². The van der Waals surface area contributed by atoms with E-state index in [9.17, 15) is 43.2 Å². The van der Waals surface area contributed by atoms with Crippen molar-refractivity contribution in [2.45, 2.75) is 36.9 Å². The highest BCUT2D eigenvalue weighted by Crippen LogP contribution is 2.35. The highest BCUT2D eigenvalue weighted by molar-refractivity contribution is 5.82. The maximum absolute atomic E-state index is 13.0. The van der Waals surface area contributed by atoms with Crippen LogP contribution in [0.3, 0.4) is 0 Å². The van der Waals surface area contributed by atoms with Crippen LogP contribution in [0.2, 0.25) is 0 Å². The zero-order chi connectivity index (χ0) is 20.8. The highest BCUT2D eigenvalue weighted by atomic mass is 19.4. The Morgan fingerprint density at radius 1 is 1.11 bits per heavy atom. The van der Waals surface area contributed by atoms with Crippen LogP contribution in [0, 0.1) is 0 Å². The summed E-state index contributed by atoms with van der Waals surface area (Å²) in [7, 11) is 0. The largest absolute Gasteiger partial charge is 0.547 e. The Morgan fingerprint density at radius 3 is 2.39 bits per heavy atom. The molecule has 2 heterocycles. The first-order valence-electron chi connectivity index (χ1n) is 7.71. The van der Waals surface area contributed by atoms with E-state index in [4.69, 9.17) is 13.9 Å². The number of carbonyl (C=O) groups is 1. The van der Waals surface area contributed by atoms with Crippen LogP contribution in [-0.4, -0.2) is 52.0 Å². The van der Waals surface area contributed by atoms with Gasteiger partial charge in [-0.1, -0.05) is 0 Å². The number of benzene rings is 1. The van der Waals surface area contributed by atoms with Gasteiger partial charge in [-0.25, -0.2) is 4.79 Å². The highest BCUT2D eigenvalue weighted by Gasteiger charge is 2.45. The molecule has 5 atom stereocenters. The van der Waals surface area contributed by atoms with Gasteiger partial charge < -0.3 is 39.1 Å². The lowest BCUT2D eigenvalue weighted by Crippen LogP contribution is -2.63. The number of hydrogen-bond donors (Lipinski definition) is 3. The van der Waals surface area contributed by atoms with Crippen LogP contribution in [0.4, 0.5) is 13.2 Å². The lowest BCUT2D eigenvalue weighted by molar-refractivity contribution is -0.342. The number of alkyl halides is 3. The maximum Gasteiger partial charge on any atom is 0.417 e. The average molecular weight is 405 g/mol. The molecule has 0 spiro atoms. The van der Waals surface area contributed by atoms with Crippen LogP contribution >= 0.6 is 0 Å². The van der Waals surface area contributed by atoms with Crippen molar-refractivity contribution >= 4 is 16.9 Å². The van der Waals surface area contributed by atoms with E-state index in [0.29, 0.717) is 6.07 Å². The molecule has 1 aliphatic heterocycles. The van der Waals surface area contributed by atoms with Gasteiger partial charge in [0.25, 0.3) is 0 Å². The van der Waals surface area contributed by atoms with Crippen molar-refractivity contribution in [3.63, 3.8) is 0 Å². The van der Waals surface area contributed by atoms with Gasteiger partial charge in [-0.2, -0.15) is 13.2 Å². The molecule has 12 heteroatoms. The van der Waals surface area contributed by atoms with Crippen LogP contribution in [0.15, 0.2) is 33.5 Å². The molecule has 28 heavy (non-hydrogen) atoms. The van der Waals surface area contributed by atoms with Gasteiger partial charge in [0, 0.05) is 17.5 Å². The van der Waals surface area contributed by atoms with E-state index in [1.165, 1.54) is 0 Å². The number of carbonyl (C=O) groups excluding carboxylic acids is 1. The van der Waals surface area contributed by atoms with Gasteiger partial charge in [0.2, 0.25) is 6.29 Å². The molecule has 0 radical (unpaired) electrons. The fourth-order valence-corrected chi connectivity index (χ4v) is 2.73. The summed E-state index contributed by atoms with van der Waals surface area (Å²) in [5, 5.41) is 39.7. The van der Waals surface area contributed by atoms with E-state index < -0.39 is 65.0 Å². The van der Waals surface area contributed by atoms with Crippen molar-refractivity contribution in [3.05, 3.63) is 40.2 Å². The van der Waals surface area contributed by atoms with E-state index in [1.807, 2.05) is 0 Å². The number of fused-ring (bicyclic) bond motifs is 1. The molecule has 0 aliphatic carbocycles. The lowest BCUT2D eigenvalue weighted by Gasteiger charge is -2.40. The van der Waals surface area contributed by atoms with Gasteiger partial charge >= 0.3 is 11.8 Å². The Kier molecular flexibility index (Phi) is 5.06. The van der Waals surface area contributed by atoms with Crippen LogP contribution in [-0.2, 0) is 15.7 Å². The summed E-state index contributed by atoms with van der Waals surface area (Å²) in [5.41, 5.74) is -2.98. The molecule has 9 nitrogen and oxygen atoms in total. The molecule has 0 unspecified atom stereocenters. The third-order valence-electron chi connectivity index (χ3n) is 4.08. The first-order chi connectivity index (χ1) is 13.0. The van der Waals surface area contributed by atoms with Gasteiger partial charge in [0.1, 0.15) is 35.7 Å². The van der Waals surface area contributed by atoms with Gasteiger partial charge in [-0.05, 0) is 12.1 Å². The molecule has 1 aliphatic rings. The summed E-state index contributed by atoms with van der Waals surface area (Å²) in [6, 6.07) is 3.15. The molecule has 1 saturated heterocycles. The van der Waals surface area contributed by atoms with Gasteiger partial charge in [0.15, 0.2) is 0 Å². The third-order valence-corrected chi connectivity index (χ3v) is 4.08. The number of halogens is 3. The van der Waals surface area contributed by atoms with Crippen molar-refractivity contribution in [3.8, 4) is 5.75 Å². The predicted molar refractivity (Wildman–Crippen MR) is 79.8 cm³/mol. The average Bonchev–Trinajstić information content (AvgIpc) is 2.60. The van der Waals surface area contributed by atoms with E-state index >= 15 is 0 Å². The molecule has 0 amide bonds. The number of aliphatic hydroxyl groups is 3. The fraction of sp³-hybridized carbons (Fsp3) is 0.375. The number of ether oxygens (including phenoxy) is 2. The number of aliphatic carboxylic acids is 1. The first kappa shape index (κ1) is 20.1. The molecular formula is C16H12F3O9-. The monoisotopic (exact) mass is 405 g/mol. The number of carboxylic acids is 1. The molecule has 1 aromatic carbocycles. The summed E-state index contributed by atoms with van der Waals surface area (Å²) < 4.78 is 53.9. The smallest absolute Gasteiger partial charge is 0.417 e. The molecule has 0 bridgehead atoms. The van der Waals surface area contributed by atoms with Crippen LogP contribution in [0.5, 0.6) is 5.75 Å². The van der Waals surface area contributed by atoms with Crippen LogP contribution in [0.25, 0.3) is 11.0 Å². The second-order valence-corrected chi connectivity index (χ2v) is 5.97. The van der Waals surface area contributed by atoms with E-state index in [-0.39, 0.29) is 5.75 Å². The summed E-state index contributed by atoms with van der Waals surface area (Å²) in [4.78, 5) is 22.4. The standard InChI is InChI=1S/C16H13F3O9/c17-16(18,19)7-4-9(20)27-8-3-5(1-2-6(7)8)26-15-12(23)10(21)11(22)13(28-15)14(24)25/h1-4,10-13,15,21-23H,(H,24,25)/p-1/t10-,11-,12+,13-,15+/m0/s1. The predicted octanol–water partition coefficient (Wildman–Crippen LogP) is -1.25. The van der Waals surface area contributed by atoms with Crippen molar-refractivity contribution < 1.29 is 52.3 Å². The fourth-order valence-electron chi connectivity index (χ4n) is 2.73. The molecule has 3 N–H and O–H groups in total. The summed E-state index contributed by atoms with van der Waals surface area (Å²) >= 11 is 0. The van der Waals surface area contributed by atoms with Gasteiger partial charge in [0.05, 0.1) is 11.5 Å². The van der Waals surface area contributed by atoms with Crippen LogP contribution in [0.1, 0.15) is 5.56 Å². The third kappa shape index (κ3) is 3.67. The molecular weight excluding hydrogens is 393 g/mol. The zero-order valence-corrected chi connectivity index (χ0v) is 13.6. The van der Waals surface area contributed by atoms with Crippen molar-refractivity contribution in [2.24, 2.45) is 0 Å². The normalized spacial score (nSPS) is 28.3. The number of hydrogen-bond acceptors (Lipinski definition) is 9. The summed E-state index contributed by atoms with van der Waals surface area (Å²) in [6.07, 6.45) is -14.5. The van der Waals surface area contributed by atoms with E-state index in [0.717, 1.165) is 18.2 Å². The van der Waals surface area contributed by atoms with Crippen molar-refractivity contribution in [2.75, 3.05) is 0 Å². The van der Waals surface area contributed by atoms with Gasteiger partial charge in [-0.15, -0.1) is 0 Å². The SMILES string of the molecule is O=C([O-])[C@H]1O[C@@H](Oc2ccc3c(C(F)(F)F)cc(=O)oc3c2)[C@H](O)[C@@H](O)[C@@H]1O. The number of rotatable bonds is 3. The zero-order valence-electron chi connectivity index (χ0n) is 13.6. The topological polar surface area (TPSA) is 149 Å². The molecule has 2 aromatic rings. The Labute approximate surface area is 153 Å². The van der Waals surface area contributed by atoms with Gasteiger partial charge in [-0.3, -0.25) is 0 Å². The molecule has 0 saturated carbocycles. The minimum atomic E-state index is -4.82. The first-order valence-corrected chi connectivity index (χ1v) is 7.71. The molecule has 152 valence electrons. The second-order valence-electron chi connectivity index (χ2n) is 5.97. The quantitative estimate of drug-likeness (QED) is 0.532. The Balaban J connectivity index is 1.94. The summed E-state index contributed by atoms with van der Waals surface area (Å²) in [5.74, 6) is -2.15. The Morgan fingerprint density at radius 2 is 1.79 bits per heavy atom. The maximum atomic E-state index is 13.0. The lowest BCUT2D eigenvalue weighted by atomic mass is 9.99. The molecule has 1 fully saturated rings. The van der Waals surface area contributed by atoms with Crippen molar-refractivity contribution in [1.29, 1.82) is 0 Å². The van der Waals surface area contributed by atoms with Crippen LogP contribution < -0.4 is 15.5 Å². The Bertz CT molecular complexity index is 955. The number of aliphatic hydroxyl groups excluding tert-OH is 3. The summed E-state index contributed by atoms with van der Waals surface area (Å²) in [6.45, 7) is 0. The Hall–Kier alpha value is -2.67. The van der Waals surface area contributed by atoms with E-state index in [1.54, 1.807) is 0 Å². The molecule has 1 aromatic heterocycles. The minimum Gasteiger partial charge on any atom is -0.547 e. The molecule has 3 rings (SSSR count). The van der Waals surface area contributed by atoms with Crippen molar-refractivity contribution in [1.82, 2.24) is 0 Å².